The van der Waals surface area contributed by atoms with Crippen LogP contribution < -0.4 is 17.0 Å². The van der Waals surface area contributed by atoms with E-state index in [4.69, 9.17) is 16.3 Å². The number of hydrogen-bond acceptors (Lipinski definition) is 2. The van der Waals surface area contributed by atoms with E-state index in [1.807, 2.05) is 12.1 Å². The minimum Gasteiger partial charge on any atom is -1.00 e. The maximum Gasteiger partial charge on any atom is 0.348 e. The van der Waals surface area contributed by atoms with Gasteiger partial charge in [-0.3, -0.25) is 0 Å². The van der Waals surface area contributed by atoms with Crippen molar-refractivity contribution in [2.75, 3.05) is 0 Å². The van der Waals surface area contributed by atoms with Gasteiger partial charge in [-0.1, -0.05) is 38.8 Å². The average Bonchev–Trinajstić information content (AvgIpc) is 2.89. The molecule has 1 aliphatic heterocycles. The number of nitrogens with zero attached hydrogens (tertiary/aromatic N) is 2. The molecule has 32 heavy (non-hydrogen) atoms. The molecule has 4 rings (SSSR count). The van der Waals surface area contributed by atoms with E-state index in [9.17, 15) is 4.79 Å². The summed E-state index contributed by atoms with van der Waals surface area (Å²) in [5.41, 5.74) is 2.30. The van der Waals surface area contributed by atoms with E-state index in [-0.39, 0.29) is 24.5 Å². The van der Waals surface area contributed by atoms with E-state index in [2.05, 4.69) is 48.2 Å². The van der Waals surface area contributed by atoms with E-state index >= 15 is 0 Å². The Labute approximate surface area is 203 Å². The first-order valence-corrected chi connectivity index (χ1v) is 12.4. The van der Waals surface area contributed by atoms with Gasteiger partial charge in [-0.2, -0.15) is 0 Å². The molecule has 1 aromatic heterocycles. The molecule has 0 spiro atoms. The van der Waals surface area contributed by atoms with Gasteiger partial charge in [0, 0.05) is 17.0 Å². The number of fused-ring (bicyclic) bond motifs is 1. The Morgan fingerprint density at radius 1 is 1.19 bits per heavy atom. The highest BCUT2D eigenvalue weighted by Gasteiger charge is 2.34. The zero-order chi connectivity index (χ0) is 22.0. The van der Waals surface area contributed by atoms with Crippen LogP contribution in [0.25, 0.3) is 11.3 Å². The summed E-state index contributed by atoms with van der Waals surface area (Å²) >= 11 is 6.11. The first-order chi connectivity index (χ1) is 14.9. The molecule has 2 heterocycles. The molecule has 1 aromatic carbocycles. The fourth-order valence-corrected chi connectivity index (χ4v) is 5.55. The molecule has 2 aliphatic rings. The number of aromatic nitrogens is 2. The lowest BCUT2D eigenvalue weighted by molar-refractivity contribution is -0.692. The number of carbonyl (C=O) groups excluding carboxylic acids is 1. The van der Waals surface area contributed by atoms with Gasteiger partial charge in [0.1, 0.15) is 12.3 Å². The highest BCUT2D eigenvalue weighted by atomic mass is 35.5. The minimum atomic E-state index is -0.102. The third kappa shape index (κ3) is 5.69. The van der Waals surface area contributed by atoms with Crippen molar-refractivity contribution in [1.29, 1.82) is 0 Å². The minimum absolute atomic E-state index is 0. The van der Waals surface area contributed by atoms with Gasteiger partial charge in [0.05, 0.1) is 6.54 Å². The van der Waals surface area contributed by atoms with Crippen LogP contribution in [0.5, 0.6) is 0 Å². The molecular formula is C26H36Cl2N2O2. The molecule has 3 atom stereocenters. The number of rotatable bonds is 5. The Bertz CT molecular complexity index is 907. The second kappa shape index (κ2) is 11.1. The molecule has 0 N–H and O–H groups in total. The fraction of sp³-hybridized carbons (Fsp3) is 0.615. The lowest BCUT2D eigenvalue weighted by Gasteiger charge is -2.36. The van der Waals surface area contributed by atoms with Crippen LogP contribution in [0, 0.1) is 17.8 Å². The van der Waals surface area contributed by atoms with Crippen LogP contribution in [0.3, 0.4) is 0 Å². The van der Waals surface area contributed by atoms with Crippen molar-refractivity contribution in [3.05, 3.63) is 41.3 Å². The Balaban J connectivity index is 0.00000289. The molecule has 6 heteroatoms. The molecule has 0 amide bonds. The summed E-state index contributed by atoms with van der Waals surface area (Å²) in [6, 6.07) is 8.00. The largest absolute Gasteiger partial charge is 1.00 e. The standard InChI is InChI=1S/C26H36ClN2O2.ClH/c1-18(2)22-13-8-19(3)15-24(22)31-26(30)17-28-16-23(20-9-11-21(27)12-10-20)29-14-6-4-5-7-25(28)29;/h9-12,16,18-19,22,24H,4-8,13-15,17H2,1-3H3;1H/q+1;/p-1. The van der Waals surface area contributed by atoms with E-state index in [1.165, 1.54) is 25.1 Å². The Morgan fingerprint density at radius 3 is 2.66 bits per heavy atom. The molecule has 0 saturated heterocycles. The van der Waals surface area contributed by atoms with Gasteiger partial charge in [0.15, 0.2) is 12.2 Å². The van der Waals surface area contributed by atoms with Crippen molar-refractivity contribution in [3.63, 3.8) is 0 Å². The van der Waals surface area contributed by atoms with E-state index in [1.54, 1.807) is 0 Å². The number of esters is 1. The molecule has 2 aromatic rings. The summed E-state index contributed by atoms with van der Waals surface area (Å²) in [5.74, 6) is 2.77. The molecule has 3 unspecified atom stereocenters. The van der Waals surface area contributed by atoms with Gasteiger partial charge in [0.2, 0.25) is 0 Å². The zero-order valence-corrected chi connectivity index (χ0v) is 21.0. The van der Waals surface area contributed by atoms with Crippen LogP contribution in [-0.2, 0) is 29.0 Å². The number of benzene rings is 1. The van der Waals surface area contributed by atoms with Crippen molar-refractivity contribution >= 4 is 17.6 Å². The predicted molar refractivity (Wildman–Crippen MR) is 124 cm³/mol. The number of carbonyl (C=O) groups is 1. The number of imidazole rings is 1. The van der Waals surface area contributed by atoms with Gasteiger partial charge in [-0.25, -0.2) is 13.9 Å². The number of ether oxygens (including phenoxy) is 1. The summed E-state index contributed by atoms with van der Waals surface area (Å²) in [4.78, 5) is 13.0. The van der Waals surface area contributed by atoms with Crippen molar-refractivity contribution in [2.45, 2.75) is 84.9 Å². The zero-order valence-electron chi connectivity index (χ0n) is 19.5. The predicted octanol–water partition coefficient (Wildman–Crippen LogP) is 2.83. The lowest BCUT2D eigenvalue weighted by Crippen LogP contribution is -3.00. The van der Waals surface area contributed by atoms with Crippen molar-refractivity contribution < 1.29 is 26.5 Å². The SMILES string of the molecule is CC1CCC(C(C)C)C(OC(=O)C[n+]2cc(-c3ccc(Cl)cc3)n3c2CCCCC3)C1.[Cl-]. The van der Waals surface area contributed by atoms with E-state index in [0.717, 1.165) is 48.5 Å². The van der Waals surface area contributed by atoms with E-state index in [0.29, 0.717) is 24.3 Å². The average molecular weight is 479 g/mol. The summed E-state index contributed by atoms with van der Waals surface area (Å²) in [5, 5.41) is 0.740. The molecule has 0 bridgehead atoms. The molecule has 1 saturated carbocycles. The highest BCUT2D eigenvalue weighted by molar-refractivity contribution is 6.30. The first-order valence-electron chi connectivity index (χ1n) is 12.0. The Hall–Kier alpha value is -1.52. The van der Waals surface area contributed by atoms with Crippen molar-refractivity contribution in [1.82, 2.24) is 4.57 Å². The van der Waals surface area contributed by atoms with Crippen molar-refractivity contribution in [3.8, 4) is 11.3 Å². The Morgan fingerprint density at radius 2 is 1.94 bits per heavy atom. The van der Waals surface area contributed by atoms with Crippen LogP contribution in [0.15, 0.2) is 30.5 Å². The maximum absolute atomic E-state index is 13.0. The van der Waals surface area contributed by atoms with E-state index < -0.39 is 0 Å². The van der Waals surface area contributed by atoms with Gasteiger partial charge >= 0.3 is 5.97 Å². The lowest BCUT2D eigenvalue weighted by atomic mass is 9.75. The molecule has 4 nitrogen and oxygen atoms in total. The molecule has 1 aliphatic carbocycles. The molecule has 0 radical (unpaired) electrons. The third-order valence-electron chi connectivity index (χ3n) is 7.18. The summed E-state index contributed by atoms with van der Waals surface area (Å²) < 4.78 is 10.6. The summed E-state index contributed by atoms with van der Waals surface area (Å²) in [6.07, 6.45) is 10.1. The molecule has 1 fully saturated rings. The normalized spacial score (nSPS) is 23.2. The second-order valence-electron chi connectivity index (χ2n) is 9.88. The fourth-order valence-electron chi connectivity index (χ4n) is 5.43. The highest BCUT2D eigenvalue weighted by Crippen LogP contribution is 2.35. The molecule has 176 valence electrons. The van der Waals surface area contributed by atoms with Gasteiger partial charge in [-0.05, 0) is 74.1 Å². The number of hydrogen-bond donors (Lipinski definition) is 0. The van der Waals surface area contributed by atoms with Gasteiger partial charge in [0.25, 0.3) is 5.82 Å². The van der Waals surface area contributed by atoms with Gasteiger partial charge in [-0.15, -0.1) is 0 Å². The quantitative estimate of drug-likeness (QED) is 0.489. The van der Waals surface area contributed by atoms with Crippen LogP contribution in [-0.4, -0.2) is 16.6 Å². The Kier molecular flexibility index (Phi) is 8.68. The third-order valence-corrected chi connectivity index (χ3v) is 7.43. The maximum atomic E-state index is 13.0. The van der Waals surface area contributed by atoms with Crippen LogP contribution >= 0.6 is 11.6 Å². The summed E-state index contributed by atoms with van der Waals surface area (Å²) in [7, 11) is 0. The number of halogens is 2. The monoisotopic (exact) mass is 478 g/mol. The van der Waals surface area contributed by atoms with Crippen molar-refractivity contribution in [2.24, 2.45) is 17.8 Å². The van der Waals surface area contributed by atoms with Crippen LogP contribution in [0.1, 0.15) is 65.1 Å². The summed E-state index contributed by atoms with van der Waals surface area (Å²) in [6.45, 7) is 8.06. The second-order valence-corrected chi connectivity index (χ2v) is 10.3. The van der Waals surface area contributed by atoms with Crippen LogP contribution in [0.4, 0.5) is 0 Å². The first kappa shape index (κ1) is 25.1. The smallest absolute Gasteiger partial charge is 0.348 e. The van der Waals surface area contributed by atoms with Crippen LogP contribution in [0.2, 0.25) is 5.02 Å². The van der Waals surface area contributed by atoms with Gasteiger partial charge < -0.3 is 17.1 Å². The molecular weight excluding hydrogens is 443 g/mol. The topological polar surface area (TPSA) is 35.1 Å².